The van der Waals surface area contributed by atoms with Gasteiger partial charge in [0.1, 0.15) is 0 Å². The van der Waals surface area contributed by atoms with Crippen LogP contribution in [0.3, 0.4) is 0 Å². The van der Waals surface area contributed by atoms with E-state index in [1.54, 1.807) is 0 Å². The Hall–Kier alpha value is -0.370. The number of rotatable bonds is 1. The van der Waals surface area contributed by atoms with E-state index in [4.69, 9.17) is 5.11 Å². The molecule has 0 spiro atoms. The van der Waals surface area contributed by atoms with Crippen molar-refractivity contribution in [2.45, 2.75) is 6.61 Å². The van der Waals surface area contributed by atoms with Crippen molar-refractivity contribution in [1.82, 2.24) is 0 Å². The minimum Gasteiger partial charge on any atom is -0.391 e. The van der Waals surface area contributed by atoms with Crippen LogP contribution in [0.1, 0.15) is 5.56 Å². The van der Waals surface area contributed by atoms with E-state index in [0.717, 1.165) is 22.6 Å². The first-order valence-corrected chi connectivity index (χ1v) is 4.19. The molecule has 1 aromatic carbocycles. The summed E-state index contributed by atoms with van der Waals surface area (Å²) in [7, 11) is 0. The van der Waals surface area contributed by atoms with E-state index in [1.165, 1.54) is 0 Å². The van der Waals surface area contributed by atoms with Crippen molar-refractivity contribution in [3.63, 3.8) is 0 Å². The van der Waals surface area contributed by atoms with Crippen molar-refractivity contribution in [1.29, 1.82) is 0 Å². The van der Waals surface area contributed by atoms with Crippen molar-refractivity contribution >= 4 is 22.6 Å². The monoisotopic (exact) mass is 306 g/mol. The lowest BCUT2D eigenvalue weighted by molar-refractivity contribution is 0.262. The van der Waals surface area contributed by atoms with E-state index in [-0.39, 0.29) is 0 Å². The predicted octanol–water partition coefficient (Wildman–Crippen LogP) is 2.34. The Balaban J connectivity index is 3.56. The van der Waals surface area contributed by atoms with Gasteiger partial charge in [-0.2, -0.15) is 0 Å². The molecule has 6 heteroatoms. The number of halogens is 5. The van der Waals surface area contributed by atoms with E-state index < -0.39 is 39.0 Å². The molecule has 0 bridgehead atoms. The van der Waals surface area contributed by atoms with Gasteiger partial charge in [0.05, 0.1) is 15.7 Å². The Labute approximate surface area is 84.5 Å². The van der Waals surface area contributed by atoms with E-state index in [0.29, 0.717) is 0 Å². The van der Waals surface area contributed by atoms with Crippen LogP contribution >= 0.6 is 22.6 Å². The highest BCUT2D eigenvalue weighted by molar-refractivity contribution is 14.1. The molecule has 0 amide bonds. The summed E-state index contributed by atoms with van der Waals surface area (Å²) in [5.74, 6) is -6.07. The molecule has 0 atom stereocenters. The average Bonchev–Trinajstić information content (AvgIpc) is 2.13. The Bertz CT molecular complexity index is 324. The number of benzene rings is 1. The van der Waals surface area contributed by atoms with E-state index in [9.17, 15) is 17.6 Å². The largest absolute Gasteiger partial charge is 0.391 e. The van der Waals surface area contributed by atoms with Crippen molar-refractivity contribution in [2.24, 2.45) is 0 Å². The van der Waals surface area contributed by atoms with Crippen molar-refractivity contribution in [2.75, 3.05) is 0 Å². The lowest BCUT2D eigenvalue weighted by Crippen LogP contribution is -2.05. The summed E-state index contributed by atoms with van der Waals surface area (Å²) >= 11 is 1.14. The number of hydrogen-bond donors (Lipinski definition) is 1. The zero-order chi connectivity index (χ0) is 10.2. The number of hydrogen-bond acceptors (Lipinski definition) is 1. The van der Waals surface area contributed by atoms with Crippen LogP contribution in [0.25, 0.3) is 0 Å². The average molecular weight is 306 g/mol. The van der Waals surface area contributed by atoms with E-state index in [2.05, 4.69) is 0 Å². The smallest absolute Gasteiger partial charge is 0.175 e. The Morgan fingerprint density at radius 2 is 1.31 bits per heavy atom. The molecule has 1 N–H and O–H groups in total. The van der Waals surface area contributed by atoms with Crippen LogP contribution in [-0.2, 0) is 6.61 Å². The maximum absolute atomic E-state index is 12.8. The van der Waals surface area contributed by atoms with Crippen LogP contribution < -0.4 is 0 Å². The minimum absolute atomic E-state index is 0.759. The summed E-state index contributed by atoms with van der Waals surface area (Å²) in [5, 5.41) is 8.42. The van der Waals surface area contributed by atoms with Crippen LogP contribution in [0.2, 0.25) is 0 Å². The van der Waals surface area contributed by atoms with Gasteiger partial charge in [0.25, 0.3) is 0 Å². The molecule has 0 saturated heterocycles. The third-order valence-electron chi connectivity index (χ3n) is 1.46. The topological polar surface area (TPSA) is 20.2 Å². The zero-order valence-electron chi connectivity index (χ0n) is 6.04. The van der Waals surface area contributed by atoms with Crippen LogP contribution in [0, 0.1) is 26.8 Å². The van der Waals surface area contributed by atoms with Crippen molar-refractivity contribution < 1.29 is 22.7 Å². The van der Waals surface area contributed by atoms with Crippen LogP contribution in [-0.4, -0.2) is 5.11 Å². The van der Waals surface area contributed by atoms with Gasteiger partial charge in [-0.25, -0.2) is 17.6 Å². The summed E-state index contributed by atoms with van der Waals surface area (Å²) in [4.78, 5) is 0. The first-order valence-electron chi connectivity index (χ1n) is 3.11. The Kier molecular flexibility index (Phi) is 3.12. The zero-order valence-corrected chi connectivity index (χ0v) is 8.20. The lowest BCUT2D eigenvalue weighted by atomic mass is 10.2. The molecule has 0 heterocycles. The summed E-state index contributed by atoms with van der Waals surface area (Å²) in [6.45, 7) is -1.08. The Morgan fingerprint density at radius 3 is 1.62 bits per heavy atom. The highest BCUT2D eigenvalue weighted by atomic mass is 127. The first-order chi connectivity index (χ1) is 6.00. The molecule has 13 heavy (non-hydrogen) atoms. The fraction of sp³-hybridized carbons (Fsp3) is 0.143. The fourth-order valence-electron chi connectivity index (χ4n) is 0.789. The first kappa shape index (κ1) is 10.7. The van der Waals surface area contributed by atoms with Gasteiger partial charge in [-0.15, -0.1) is 0 Å². The molecule has 0 radical (unpaired) electrons. The molecule has 0 aliphatic carbocycles. The van der Waals surface area contributed by atoms with Gasteiger partial charge in [0.15, 0.2) is 23.3 Å². The maximum Gasteiger partial charge on any atom is 0.175 e. The van der Waals surface area contributed by atoms with Crippen molar-refractivity contribution in [3.05, 3.63) is 32.4 Å². The van der Waals surface area contributed by atoms with Gasteiger partial charge in [-0.1, -0.05) is 0 Å². The van der Waals surface area contributed by atoms with Crippen LogP contribution in [0.4, 0.5) is 17.6 Å². The standard InChI is InChI=1S/C7H3F4IO/c8-3-2(1-13)4(9)6(11)7(12)5(3)10/h13H,1H2. The number of aliphatic hydroxyl groups excluding tert-OH is 1. The molecule has 0 aliphatic rings. The van der Waals surface area contributed by atoms with Gasteiger partial charge in [-0.3, -0.25) is 0 Å². The quantitative estimate of drug-likeness (QED) is 0.365. The molecule has 1 aromatic rings. The minimum atomic E-state index is -1.55. The second-order valence-corrected chi connectivity index (χ2v) is 3.29. The van der Waals surface area contributed by atoms with Gasteiger partial charge in [0, 0.05) is 0 Å². The summed E-state index contributed by atoms with van der Waals surface area (Å²) in [6.07, 6.45) is 0. The van der Waals surface area contributed by atoms with Crippen LogP contribution in [0.5, 0.6) is 0 Å². The molecular weight excluding hydrogens is 303 g/mol. The van der Waals surface area contributed by atoms with E-state index >= 15 is 0 Å². The molecule has 0 aliphatic heterocycles. The molecule has 0 aromatic heterocycles. The summed E-state index contributed by atoms with van der Waals surface area (Å²) in [6, 6.07) is 0. The van der Waals surface area contributed by atoms with Gasteiger partial charge in [0.2, 0.25) is 0 Å². The Morgan fingerprint density at radius 1 is 0.923 bits per heavy atom. The predicted molar refractivity (Wildman–Crippen MR) is 44.9 cm³/mol. The molecule has 1 nitrogen and oxygen atoms in total. The second-order valence-electron chi connectivity index (χ2n) is 2.21. The highest BCUT2D eigenvalue weighted by Crippen LogP contribution is 2.24. The SMILES string of the molecule is OCc1c(F)c(F)c(I)c(F)c1F. The van der Waals surface area contributed by atoms with Gasteiger partial charge in [-0.05, 0) is 22.6 Å². The van der Waals surface area contributed by atoms with Gasteiger partial charge < -0.3 is 5.11 Å². The molecule has 0 unspecified atom stereocenters. The molecule has 1 rings (SSSR count). The van der Waals surface area contributed by atoms with Crippen LogP contribution in [0.15, 0.2) is 0 Å². The van der Waals surface area contributed by atoms with Crippen molar-refractivity contribution in [3.8, 4) is 0 Å². The second kappa shape index (κ2) is 3.79. The summed E-state index contributed by atoms with van der Waals surface area (Å²) in [5.41, 5.74) is -0.990. The van der Waals surface area contributed by atoms with Gasteiger partial charge >= 0.3 is 0 Å². The normalized spacial score (nSPS) is 10.6. The highest BCUT2D eigenvalue weighted by Gasteiger charge is 2.22. The summed E-state index contributed by atoms with van der Waals surface area (Å²) < 4.78 is 50.2. The fourth-order valence-corrected chi connectivity index (χ4v) is 1.26. The number of aliphatic hydroxyl groups is 1. The van der Waals surface area contributed by atoms with E-state index in [1.807, 2.05) is 0 Å². The third-order valence-corrected chi connectivity index (χ3v) is 2.41. The maximum atomic E-state index is 12.8. The molecule has 72 valence electrons. The lowest BCUT2D eigenvalue weighted by Gasteiger charge is -2.05. The molecule has 0 fully saturated rings. The third kappa shape index (κ3) is 1.64. The molecule has 0 saturated carbocycles. The molecular formula is C7H3F4IO.